The molecule has 0 aromatic carbocycles. The van der Waals surface area contributed by atoms with Crippen LogP contribution >= 0.6 is 0 Å². The van der Waals surface area contributed by atoms with Crippen molar-refractivity contribution in [3.63, 3.8) is 0 Å². The minimum absolute atomic E-state index is 0.0697. The van der Waals surface area contributed by atoms with Crippen LogP contribution in [0.2, 0.25) is 0 Å². The highest BCUT2D eigenvalue weighted by molar-refractivity contribution is 5.93. The van der Waals surface area contributed by atoms with Crippen molar-refractivity contribution in [3.8, 4) is 6.07 Å². The highest BCUT2D eigenvalue weighted by Crippen LogP contribution is 2.13. The normalized spacial score (nSPS) is 17.3. The molecule has 1 unspecified atom stereocenters. The summed E-state index contributed by atoms with van der Waals surface area (Å²) in [6, 6.07) is 4.90. The van der Waals surface area contributed by atoms with Crippen LogP contribution in [0.15, 0.2) is 18.3 Å². The number of rotatable bonds is 4. The van der Waals surface area contributed by atoms with E-state index in [0.717, 1.165) is 12.8 Å². The fourth-order valence-corrected chi connectivity index (χ4v) is 2.52. The summed E-state index contributed by atoms with van der Waals surface area (Å²) in [5, 5.41) is 9.17. The van der Waals surface area contributed by atoms with Gasteiger partial charge in [0.15, 0.2) is 0 Å². The van der Waals surface area contributed by atoms with Crippen molar-refractivity contribution in [2.45, 2.75) is 25.8 Å². The fraction of sp³-hybridized carbons (Fsp3) is 0.533. The minimum Gasteiger partial charge on any atom is -0.336 e. The lowest BCUT2D eigenvalue weighted by molar-refractivity contribution is 0.0600. The van der Waals surface area contributed by atoms with E-state index in [1.54, 1.807) is 4.90 Å². The molecule has 0 aliphatic carbocycles. The van der Waals surface area contributed by atoms with E-state index in [1.807, 2.05) is 0 Å². The maximum Gasteiger partial charge on any atom is 0.255 e. The minimum atomic E-state index is -0.590. The zero-order valence-electron chi connectivity index (χ0n) is 12.1. The molecule has 0 spiro atoms. The number of pyridine rings is 1. The van der Waals surface area contributed by atoms with Gasteiger partial charge in [-0.2, -0.15) is 9.65 Å². The summed E-state index contributed by atoms with van der Waals surface area (Å²) in [5.74, 6) is -0.723. The Morgan fingerprint density at radius 3 is 2.67 bits per heavy atom. The van der Waals surface area contributed by atoms with Gasteiger partial charge in [-0.1, -0.05) is 13.3 Å². The van der Waals surface area contributed by atoms with Crippen LogP contribution in [0.5, 0.6) is 0 Å². The molecular formula is C15H19FN4O. The quantitative estimate of drug-likeness (QED) is 0.791. The third kappa shape index (κ3) is 3.76. The molecule has 1 saturated heterocycles. The van der Waals surface area contributed by atoms with Crippen molar-refractivity contribution in [1.82, 2.24) is 14.8 Å². The summed E-state index contributed by atoms with van der Waals surface area (Å²) in [6.07, 6.45) is 3.09. The molecule has 0 saturated carbocycles. The smallest absolute Gasteiger partial charge is 0.255 e. The molecule has 0 bridgehead atoms. The molecule has 1 atom stereocenters. The molecule has 1 aliphatic heterocycles. The predicted octanol–water partition coefficient (Wildman–Crippen LogP) is 1.67. The molecule has 5 nitrogen and oxygen atoms in total. The number of piperazine rings is 1. The monoisotopic (exact) mass is 290 g/mol. The number of hydrogen-bond donors (Lipinski definition) is 0. The van der Waals surface area contributed by atoms with E-state index in [1.165, 1.54) is 18.3 Å². The average Bonchev–Trinajstić information content (AvgIpc) is 2.53. The summed E-state index contributed by atoms with van der Waals surface area (Å²) >= 11 is 0. The van der Waals surface area contributed by atoms with Gasteiger partial charge in [0.2, 0.25) is 5.95 Å². The average molecular weight is 290 g/mol. The highest BCUT2D eigenvalue weighted by atomic mass is 19.1. The Bertz CT molecular complexity index is 517. The summed E-state index contributed by atoms with van der Waals surface area (Å²) in [7, 11) is 0. The largest absolute Gasteiger partial charge is 0.336 e. The Morgan fingerprint density at radius 2 is 2.14 bits per heavy atom. The summed E-state index contributed by atoms with van der Waals surface area (Å²) in [5.41, 5.74) is 0.398. The van der Waals surface area contributed by atoms with Crippen molar-refractivity contribution in [3.05, 3.63) is 29.8 Å². The van der Waals surface area contributed by atoms with Gasteiger partial charge >= 0.3 is 0 Å². The molecule has 1 aliphatic rings. The molecule has 2 heterocycles. The number of nitriles is 1. The lowest BCUT2D eigenvalue weighted by atomic mass is 10.1. The first kappa shape index (κ1) is 15.4. The van der Waals surface area contributed by atoms with Gasteiger partial charge in [-0.15, -0.1) is 0 Å². The van der Waals surface area contributed by atoms with Gasteiger partial charge < -0.3 is 4.90 Å². The maximum absolute atomic E-state index is 12.8. The van der Waals surface area contributed by atoms with Gasteiger partial charge in [-0.25, -0.2) is 4.98 Å². The Kier molecular flexibility index (Phi) is 5.23. The van der Waals surface area contributed by atoms with Crippen LogP contribution < -0.4 is 0 Å². The van der Waals surface area contributed by atoms with Crippen LogP contribution in [-0.4, -0.2) is 52.9 Å². The van der Waals surface area contributed by atoms with Crippen molar-refractivity contribution >= 4 is 5.91 Å². The molecule has 1 aromatic heterocycles. The summed E-state index contributed by atoms with van der Waals surface area (Å²) in [4.78, 5) is 19.6. The standard InChI is InChI=1S/C15H19FN4O/c1-2-3-13(10-17)19-6-8-20(9-7-19)15(21)12-4-5-14(16)18-11-12/h4-5,11,13H,2-3,6-9H2,1H3. The second-order valence-electron chi connectivity index (χ2n) is 5.13. The molecule has 6 heteroatoms. The van der Waals surface area contributed by atoms with Crippen LogP contribution in [-0.2, 0) is 0 Å². The highest BCUT2D eigenvalue weighted by Gasteiger charge is 2.26. The van der Waals surface area contributed by atoms with Crippen molar-refractivity contribution in [2.24, 2.45) is 0 Å². The maximum atomic E-state index is 12.8. The number of hydrogen-bond acceptors (Lipinski definition) is 4. The van der Waals surface area contributed by atoms with Crippen LogP contribution in [0.3, 0.4) is 0 Å². The molecular weight excluding hydrogens is 271 g/mol. The summed E-state index contributed by atoms with van der Waals surface area (Å²) in [6.45, 7) is 4.61. The van der Waals surface area contributed by atoms with Gasteiger partial charge in [-0.05, 0) is 18.6 Å². The third-order valence-corrected chi connectivity index (χ3v) is 3.73. The Balaban J connectivity index is 1.93. The molecule has 2 rings (SSSR count). The first-order chi connectivity index (χ1) is 10.2. The zero-order chi connectivity index (χ0) is 15.2. The van der Waals surface area contributed by atoms with Gasteiger partial charge in [-0.3, -0.25) is 9.69 Å². The first-order valence-corrected chi connectivity index (χ1v) is 7.20. The van der Waals surface area contributed by atoms with Crippen molar-refractivity contribution in [1.29, 1.82) is 5.26 Å². The van der Waals surface area contributed by atoms with E-state index in [-0.39, 0.29) is 11.9 Å². The van der Waals surface area contributed by atoms with Crippen molar-refractivity contribution in [2.75, 3.05) is 26.2 Å². The number of halogens is 1. The van der Waals surface area contributed by atoms with E-state index in [9.17, 15) is 14.4 Å². The molecule has 1 fully saturated rings. The number of nitrogens with zero attached hydrogens (tertiary/aromatic N) is 4. The van der Waals surface area contributed by atoms with Crippen LogP contribution in [0.1, 0.15) is 30.1 Å². The SMILES string of the molecule is CCCC(C#N)N1CCN(C(=O)c2ccc(F)nc2)CC1. The van der Waals surface area contributed by atoms with Crippen LogP contribution in [0.25, 0.3) is 0 Å². The zero-order valence-corrected chi connectivity index (χ0v) is 12.1. The Labute approximate surface area is 124 Å². The molecule has 21 heavy (non-hydrogen) atoms. The van der Waals surface area contributed by atoms with E-state index in [0.29, 0.717) is 31.7 Å². The summed E-state index contributed by atoms with van der Waals surface area (Å²) < 4.78 is 12.8. The second kappa shape index (κ2) is 7.14. The predicted molar refractivity (Wildman–Crippen MR) is 76.0 cm³/mol. The van der Waals surface area contributed by atoms with Gasteiger partial charge in [0.1, 0.15) is 0 Å². The van der Waals surface area contributed by atoms with Crippen molar-refractivity contribution < 1.29 is 9.18 Å². The number of aromatic nitrogens is 1. The third-order valence-electron chi connectivity index (χ3n) is 3.73. The van der Waals surface area contributed by atoms with E-state index in [2.05, 4.69) is 22.9 Å². The second-order valence-corrected chi connectivity index (χ2v) is 5.13. The lowest BCUT2D eigenvalue weighted by Crippen LogP contribution is -2.51. The Morgan fingerprint density at radius 1 is 1.43 bits per heavy atom. The molecule has 112 valence electrons. The van der Waals surface area contributed by atoms with Gasteiger partial charge in [0.25, 0.3) is 5.91 Å². The number of amides is 1. The van der Waals surface area contributed by atoms with Gasteiger partial charge in [0.05, 0.1) is 17.7 Å². The van der Waals surface area contributed by atoms with Crippen LogP contribution in [0.4, 0.5) is 4.39 Å². The van der Waals surface area contributed by atoms with Gasteiger partial charge in [0, 0.05) is 32.4 Å². The topological polar surface area (TPSA) is 60.2 Å². The molecule has 0 radical (unpaired) electrons. The lowest BCUT2D eigenvalue weighted by Gasteiger charge is -2.36. The van der Waals surface area contributed by atoms with E-state index in [4.69, 9.17) is 0 Å². The Hall–Kier alpha value is -2.00. The molecule has 1 aromatic rings. The van der Waals surface area contributed by atoms with E-state index < -0.39 is 5.95 Å². The number of carbonyl (C=O) groups excluding carboxylic acids is 1. The molecule has 1 amide bonds. The van der Waals surface area contributed by atoms with E-state index >= 15 is 0 Å². The van der Waals surface area contributed by atoms with Crippen LogP contribution in [0, 0.1) is 17.3 Å². The number of carbonyl (C=O) groups is 1. The molecule has 0 N–H and O–H groups in total. The first-order valence-electron chi connectivity index (χ1n) is 7.20. The fourth-order valence-electron chi connectivity index (χ4n) is 2.52.